The SMILES string of the molecule is Cc1cccc2c1cnn2CCCNC(=O)c1cccc(C#N)c1. The summed E-state index contributed by atoms with van der Waals surface area (Å²) in [5.41, 5.74) is 3.32. The highest BCUT2D eigenvalue weighted by molar-refractivity contribution is 5.94. The molecule has 1 aromatic heterocycles. The second kappa shape index (κ2) is 6.97. The highest BCUT2D eigenvalue weighted by Gasteiger charge is 2.07. The average Bonchev–Trinajstić information content (AvgIpc) is 3.03. The minimum Gasteiger partial charge on any atom is -0.352 e. The largest absolute Gasteiger partial charge is 0.352 e. The van der Waals surface area contributed by atoms with Crippen LogP contribution in [0.4, 0.5) is 0 Å². The Morgan fingerprint density at radius 2 is 2.12 bits per heavy atom. The van der Waals surface area contributed by atoms with Crippen molar-refractivity contribution in [1.82, 2.24) is 15.1 Å². The van der Waals surface area contributed by atoms with Crippen LogP contribution in [0.15, 0.2) is 48.7 Å². The van der Waals surface area contributed by atoms with Crippen LogP contribution in [0.1, 0.15) is 27.9 Å². The summed E-state index contributed by atoms with van der Waals surface area (Å²) in [5, 5.41) is 17.3. The van der Waals surface area contributed by atoms with Gasteiger partial charge in [0.15, 0.2) is 0 Å². The van der Waals surface area contributed by atoms with Gasteiger partial charge in [0.05, 0.1) is 23.3 Å². The lowest BCUT2D eigenvalue weighted by Crippen LogP contribution is -2.25. The van der Waals surface area contributed by atoms with E-state index in [4.69, 9.17) is 5.26 Å². The Morgan fingerprint density at radius 1 is 1.29 bits per heavy atom. The van der Waals surface area contributed by atoms with E-state index in [1.165, 1.54) is 5.56 Å². The quantitative estimate of drug-likeness (QED) is 0.735. The van der Waals surface area contributed by atoms with Gasteiger partial charge in [0.2, 0.25) is 0 Å². The van der Waals surface area contributed by atoms with E-state index in [0.29, 0.717) is 17.7 Å². The lowest BCUT2D eigenvalue weighted by atomic mass is 10.1. The lowest BCUT2D eigenvalue weighted by molar-refractivity contribution is 0.0952. The monoisotopic (exact) mass is 318 g/mol. The molecule has 24 heavy (non-hydrogen) atoms. The second-order valence-electron chi connectivity index (χ2n) is 5.68. The number of nitriles is 1. The fourth-order valence-corrected chi connectivity index (χ4v) is 2.69. The van der Waals surface area contributed by atoms with E-state index in [2.05, 4.69) is 29.5 Å². The Morgan fingerprint density at radius 3 is 2.96 bits per heavy atom. The number of nitrogens with one attached hydrogen (secondary N) is 1. The molecule has 3 rings (SSSR count). The van der Waals surface area contributed by atoms with E-state index in [-0.39, 0.29) is 5.91 Å². The normalized spacial score (nSPS) is 10.5. The Kier molecular flexibility index (Phi) is 4.57. The number of fused-ring (bicyclic) bond motifs is 1. The summed E-state index contributed by atoms with van der Waals surface area (Å²) in [6, 6.07) is 14.9. The maximum absolute atomic E-state index is 12.1. The van der Waals surface area contributed by atoms with Crippen LogP contribution in [0.2, 0.25) is 0 Å². The van der Waals surface area contributed by atoms with E-state index in [9.17, 15) is 4.79 Å². The third-order valence-electron chi connectivity index (χ3n) is 3.99. The van der Waals surface area contributed by atoms with Gasteiger partial charge in [0, 0.05) is 24.0 Å². The molecule has 0 aliphatic heterocycles. The molecule has 0 saturated carbocycles. The first kappa shape index (κ1) is 15.8. The van der Waals surface area contributed by atoms with Crippen molar-refractivity contribution in [1.29, 1.82) is 5.26 Å². The molecule has 5 nitrogen and oxygen atoms in total. The second-order valence-corrected chi connectivity index (χ2v) is 5.68. The molecule has 0 aliphatic carbocycles. The number of aromatic nitrogens is 2. The number of hydrogen-bond donors (Lipinski definition) is 1. The summed E-state index contributed by atoms with van der Waals surface area (Å²) >= 11 is 0. The maximum Gasteiger partial charge on any atom is 0.251 e. The maximum atomic E-state index is 12.1. The standard InChI is InChI=1S/C19H18N4O/c1-14-5-2-8-18-17(14)13-22-23(18)10-4-9-21-19(24)16-7-3-6-15(11-16)12-20/h2-3,5-8,11,13H,4,9-10H2,1H3,(H,21,24). The molecule has 0 saturated heterocycles. The molecule has 0 fully saturated rings. The number of benzene rings is 2. The van der Waals surface area contributed by atoms with Crippen LogP contribution in [0, 0.1) is 18.3 Å². The van der Waals surface area contributed by atoms with Crippen LogP contribution in [-0.4, -0.2) is 22.2 Å². The van der Waals surface area contributed by atoms with Crippen LogP contribution < -0.4 is 5.32 Å². The smallest absolute Gasteiger partial charge is 0.251 e. The molecule has 5 heteroatoms. The Bertz CT molecular complexity index is 921. The van der Waals surface area contributed by atoms with Crippen molar-refractivity contribution < 1.29 is 4.79 Å². The topological polar surface area (TPSA) is 70.7 Å². The van der Waals surface area contributed by atoms with E-state index in [1.54, 1.807) is 24.3 Å². The molecule has 3 aromatic rings. The van der Waals surface area contributed by atoms with E-state index >= 15 is 0 Å². The molecule has 120 valence electrons. The van der Waals surface area contributed by atoms with Gasteiger partial charge in [0.25, 0.3) is 5.91 Å². The molecule has 0 aliphatic rings. The van der Waals surface area contributed by atoms with Gasteiger partial charge in [-0.25, -0.2) is 0 Å². The molecule has 1 heterocycles. The van der Waals surface area contributed by atoms with Crippen molar-refractivity contribution in [3.05, 3.63) is 65.4 Å². The van der Waals surface area contributed by atoms with E-state index in [0.717, 1.165) is 23.9 Å². The third kappa shape index (κ3) is 3.28. The number of rotatable bonds is 5. The Balaban J connectivity index is 1.56. The first-order valence-electron chi connectivity index (χ1n) is 7.88. The third-order valence-corrected chi connectivity index (χ3v) is 3.99. The molecule has 0 spiro atoms. The van der Waals surface area contributed by atoms with Gasteiger partial charge in [-0.3, -0.25) is 9.48 Å². The van der Waals surface area contributed by atoms with Crippen LogP contribution in [-0.2, 0) is 6.54 Å². The van der Waals surface area contributed by atoms with Crippen molar-refractivity contribution in [3.63, 3.8) is 0 Å². The van der Waals surface area contributed by atoms with Crippen LogP contribution >= 0.6 is 0 Å². The molecule has 0 bridgehead atoms. The summed E-state index contributed by atoms with van der Waals surface area (Å²) in [6.45, 7) is 3.37. The summed E-state index contributed by atoms with van der Waals surface area (Å²) in [4.78, 5) is 12.1. The fraction of sp³-hybridized carbons (Fsp3) is 0.211. The van der Waals surface area contributed by atoms with Crippen molar-refractivity contribution in [3.8, 4) is 6.07 Å². The highest BCUT2D eigenvalue weighted by atomic mass is 16.1. The van der Waals surface area contributed by atoms with Gasteiger partial charge < -0.3 is 5.32 Å². The van der Waals surface area contributed by atoms with E-state index in [1.807, 2.05) is 23.0 Å². The molecule has 0 unspecified atom stereocenters. The van der Waals surface area contributed by atoms with Gasteiger partial charge >= 0.3 is 0 Å². The predicted octanol–water partition coefficient (Wildman–Crippen LogP) is 3.04. The summed E-state index contributed by atoms with van der Waals surface area (Å²) < 4.78 is 1.96. The Labute approximate surface area is 140 Å². The zero-order chi connectivity index (χ0) is 16.9. The zero-order valence-electron chi connectivity index (χ0n) is 13.5. The van der Waals surface area contributed by atoms with Crippen molar-refractivity contribution in [2.24, 2.45) is 0 Å². The first-order chi connectivity index (χ1) is 11.7. The number of aryl methyl sites for hydroxylation is 2. The van der Waals surface area contributed by atoms with Gasteiger partial charge in [0.1, 0.15) is 0 Å². The molecule has 2 aromatic carbocycles. The number of hydrogen-bond acceptors (Lipinski definition) is 3. The molecule has 0 atom stereocenters. The number of amides is 1. The van der Waals surface area contributed by atoms with Gasteiger partial charge in [-0.1, -0.05) is 18.2 Å². The minimum absolute atomic E-state index is 0.159. The van der Waals surface area contributed by atoms with Gasteiger partial charge in [-0.15, -0.1) is 0 Å². The van der Waals surface area contributed by atoms with E-state index < -0.39 is 0 Å². The average molecular weight is 318 g/mol. The minimum atomic E-state index is -0.159. The summed E-state index contributed by atoms with van der Waals surface area (Å²) in [7, 11) is 0. The van der Waals surface area contributed by atoms with Gasteiger partial charge in [-0.05, 0) is 43.2 Å². The van der Waals surface area contributed by atoms with Gasteiger partial charge in [-0.2, -0.15) is 10.4 Å². The summed E-state index contributed by atoms with van der Waals surface area (Å²) in [6.07, 6.45) is 2.67. The number of nitrogens with zero attached hydrogens (tertiary/aromatic N) is 3. The lowest BCUT2D eigenvalue weighted by Gasteiger charge is -2.07. The van der Waals surface area contributed by atoms with Crippen LogP contribution in [0.5, 0.6) is 0 Å². The first-order valence-corrected chi connectivity index (χ1v) is 7.88. The molecule has 1 N–H and O–H groups in total. The molecule has 1 amide bonds. The van der Waals surface area contributed by atoms with Crippen LogP contribution in [0.3, 0.4) is 0 Å². The highest BCUT2D eigenvalue weighted by Crippen LogP contribution is 2.17. The molecular weight excluding hydrogens is 300 g/mol. The van der Waals surface area contributed by atoms with Crippen LogP contribution in [0.25, 0.3) is 10.9 Å². The Hall–Kier alpha value is -3.13. The number of carbonyl (C=O) groups excluding carboxylic acids is 1. The van der Waals surface area contributed by atoms with Crippen molar-refractivity contribution >= 4 is 16.8 Å². The van der Waals surface area contributed by atoms with Crippen molar-refractivity contribution in [2.75, 3.05) is 6.54 Å². The zero-order valence-corrected chi connectivity index (χ0v) is 13.5. The fourth-order valence-electron chi connectivity index (χ4n) is 2.69. The molecule has 0 radical (unpaired) electrons. The van der Waals surface area contributed by atoms with Crippen molar-refractivity contribution in [2.45, 2.75) is 19.9 Å². The summed E-state index contributed by atoms with van der Waals surface area (Å²) in [5.74, 6) is -0.159. The molecular formula is C19H18N4O. The number of carbonyl (C=O) groups is 1. The predicted molar refractivity (Wildman–Crippen MR) is 92.6 cm³/mol.